The maximum atomic E-state index is 13.7. The van der Waals surface area contributed by atoms with E-state index in [2.05, 4.69) is 0 Å². The van der Waals surface area contributed by atoms with E-state index in [0.717, 1.165) is 5.56 Å². The number of piperidine rings is 1. The molecule has 0 radical (unpaired) electrons. The fraction of sp³-hybridized carbons (Fsp3) is 0.650. The van der Waals surface area contributed by atoms with Gasteiger partial charge in [-0.15, -0.1) is 0 Å². The van der Waals surface area contributed by atoms with Gasteiger partial charge in [0.15, 0.2) is 0 Å². The third-order valence-corrected chi connectivity index (χ3v) is 5.16. The minimum atomic E-state index is -2.63. The van der Waals surface area contributed by atoms with Crippen LogP contribution in [-0.2, 0) is 0 Å². The average molecular weight is 368 g/mol. The number of methoxy groups -OCH3 is 1. The summed E-state index contributed by atoms with van der Waals surface area (Å²) in [4.78, 5) is 16.4. The van der Waals surface area contributed by atoms with Crippen LogP contribution in [0.15, 0.2) is 18.2 Å². The van der Waals surface area contributed by atoms with Gasteiger partial charge >= 0.3 is 0 Å². The number of halogens is 2. The fourth-order valence-electron chi connectivity index (χ4n) is 3.55. The summed E-state index contributed by atoms with van der Waals surface area (Å²) in [7, 11) is 3.33. The molecule has 1 saturated heterocycles. The Morgan fingerprint density at radius 3 is 2.65 bits per heavy atom. The van der Waals surface area contributed by atoms with E-state index in [0.29, 0.717) is 30.8 Å². The quantitative estimate of drug-likeness (QED) is 0.765. The zero-order valence-corrected chi connectivity index (χ0v) is 16.4. The lowest BCUT2D eigenvalue weighted by Crippen LogP contribution is -2.52. The van der Waals surface area contributed by atoms with Crippen molar-refractivity contribution in [3.05, 3.63) is 29.3 Å². The maximum absolute atomic E-state index is 13.7. The van der Waals surface area contributed by atoms with E-state index in [4.69, 9.17) is 4.74 Å². The molecule has 0 N–H and O–H groups in total. The number of alkyl halides is 2. The number of rotatable bonds is 6. The number of carbonyl (C=O) groups excluding carboxylic acids is 1. The SMILES string of the molecule is COc1cc(C(=O)N(C)[C@H](CN2CCCC(F)(F)C2)C(C)C)ccc1C. The third kappa shape index (κ3) is 4.93. The zero-order chi connectivity index (χ0) is 19.5. The van der Waals surface area contributed by atoms with Crippen molar-refractivity contribution < 1.29 is 18.3 Å². The summed E-state index contributed by atoms with van der Waals surface area (Å²) in [6.45, 7) is 6.84. The molecule has 1 aromatic rings. The van der Waals surface area contributed by atoms with Gasteiger partial charge in [0.25, 0.3) is 11.8 Å². The molecule has 1 aliphatic heterocycles. The van der Waals surface area contributed by atoms with Crippen LogP contribution < -0.4 is 4.74 Å². The van der Waals surface area contributed by atoms with E-state index in [1.165, 1.54) is 0 Å². The number of hydrogen-bond acceptors (Lipinski definition) is 3. The van der Waals surface area contributed by atoms with Crippen LogP contribution in [0.4, 0.5) is 8.78 Å². The number of nitrogens with zero attached hydrogens (tertiary/aromatic N) is 2. The molecule has 0 aromatic heterocycles. The second-order valence-electron chi connectivity index (χ2n) is 7.61. The monoisotopic (exact) mass is 368 g/mol. The molecule has 0 spiro atoms. The van der Waals surface area contributed by atoms with Crippen LogP contribution in [0, 0.1) is 12.8 Å². The molecule has 1 aliphatic rings. The molecule has 0 saturated carbocycles. The summed E-state index contributed by atoms with van der Waals surface area (Å²) >= 11 is 0. The molecule has 26 heavy (non-hydrogen) atoms. The molecule has 0 bridgehead atoms. The van der Waals surface area contributed by atoms with Crippen LogP contribution in [0.1, 0.15) is 42.6 Å². The van der Waals surface area contributed by atoms with Gasteiger partial charge in [-0.05, 0) is 43.5 Å². The van der Waals surface area contributed by atoms with Gasteiger partial charge in [-0.1, -0.05) is 19.9 Å². The van der Waals surface area contributed by atoms with E-state index in [1.54, 1.807) is 36.1 Å². The number of likely N-dealkylation sites (tertiary alicyclic amines) is 1. The first kappa shape index (κ1) is 20.6. The molecule has 1 atom stereocenters. The summed E-state index contributed by atoms with van der Waals surface area (Å²) in [5.74, 6) is -1.93. The van der Waals surface area contributed by atoms with Gasteiger partial charge in [0.1, 0.15) is 5.75 Å². The second kappa shape index (κ2) is 8.33. The van der Waals surface area contributed by atoms with Gasteiger partial charge in [0, 0.05) is 31.6 Å². The van der Waals surface area contributed by atoms with Crippen molar-refractivity contribution in [3.8, 4) is 5.75 Å². The maximum Gasteiger partial charge on any atom is 0.260 e. The van der Waals surface area contributed by atoms with Gasteiger partial charge in [0.2, 0.25) is 0 Å². The summed E-state index contributed by atoms with van der Waals surface area (Å²) < 4.78 is 32.7. The molecule has 4 nitrogen and oxygen atoms in total. The lowest BCUT2D eigenvalue weighted by molar-refractivity contribution is -0.0690. The smallest absolute Gasteiger partial charge is 0.260 e. The molecule has 146 valence electrons. The fourth-order valence-corrected chi connectivity index (χ4v) is 3.55. The largest absolute Gasteiger partial charge is 0.496 e. The first-order valence-corrected chi connectivity index (χ1v) is 9.16. The molecular weight excluding hydrogens is 338 g/mol. The Morgan fingerprint density at radius 1 is 1.38 bits per heavy atom. The molecular formula is C20H30F2N2O2. The first-order valence-electron chi connectivity index (χ1n) is 9.16. The van der Waals surface area contributed by atoms with E-state index >= 15 is 0 Å². The minimum Gasteiger partial charge on any atom is -0.496 e. The van der Waals surface area contributed by atoms with Crippen LogP contribution in [0.25, 0.3) is 0 Å². The summed E-state index contributed by atoms with van der Waals surface area (Å²) in [6, 6.07) is 5.24. The molecule has 0 aliphatic carbocycles. The second-order valence-corrected chi connectivity index (χ2v) is 7.61. The minimum absolute atomic E-state index is 0.0478. The number of ether oxygens (including phenoxy) is 1. The Hall–Kier alpha value is -1.69. The molecule has 6 heteroatoms. The highest BCUT2D eigenvalue weighted by molar-refractivity contribution is 5.94. The zero-order valence-electron chi connectivity index (χ0n) is 16.4. The number of hydrogen-bond donors (Lipinski definition) is 0. The standard InChI is InChI=1S/C20H30F2N2O2/c1-14(2)17(12-24-10-6-9-20(21,22)13-24)23(4)19(25)16-8-7-15(3)18(11-16)26-5/h7-8,11,14,17H,6,9-10,12-13H2,1-5H3/t17-/m1/s1. The van der Waals surface area contributed by atoms with Crippen molar-refractivity contribution in [2.24, 2.45) is 5.92 Å². The van der Waals surface area contributed by atoms with Gasteiger partial charge in [0.05, 0.1) is 13.7 Å². The first-order chi connectivity index (χ1) is 12.1. The average Bonchev–Trinajstić information content (AvgIpc) is 2.57. The lowest BCUT2D eigenvalue weighted by Gasteiger charge is -2.39. The van der Waals surface area contributed by atoms with Crippen molar-refractivity contribution in [1.82, 2.24) is 9.80 Å². The van der Waals surface area contributed by atoms with Crippen LogP contribution in [0.3, 0.4) is 0 Å². The van der Waals surface area contributed by atoms with Crippen LogP contribution in [-0.4, -0.2) is 61.5 Å². The van der Waals surface area contributed by atoms with E-state index in [1.807, 2.05) is 26.8 Å². The Balaban J connectivity index is 2.14. The number of benzene rings is 1. The molecule has 2 rings (SSSR count). The van der Waals surface area contributed by atoms with Crippen LogP contribution >= 0.6 is 0 Å². The Bertz CT molecular complexity index is 634. The van der Waals surface area contributed by atoms with Crippen LogP contribution in [0.2, 0.25) is 0 Å². The normalized spacial score (nSPS) is 18.6. The van der Waals surface area contributed by atoms with Crippen molar-refractivity contribution in [2.45, 2.75) is 45.6 Å². The van der Waals surface area contributed by atoms with Gasteiger partial charge < -0.3 is 9.64 Å². The Labute approximate surface area is 155 Å². The van der Waals surface area contributed by atoms with Gasteiger partial charge in [-0.25, -0.2) is 8.78 Å². The van der Waals surface area contributed by atoms with Crippen LogP contribution in [0.5, 0.6) is 5.75 Å². The molecule has 0 unspecified atom stereocenters. The highest BCUT2D eigenvalue weighted by Gasteiger charge is 2.37. The highest BCUT2D eigenvalue weighted by Crippen LogP contribution is 2.28. The van der Waals surface area contributed by atoms with E-state index in [-0.39, 0.29) is 30.8 Å². The molecule has 1 amide bonds. The van der Waals surface area contributed by atoms with Crippen molar-refractivity contribution in [2.75, 3.05) is 33.8 Å². The van der Waals surface area contributed by atoms with Gasteiger partial charge in [-0.3, -0.25) is 9.69 Å². The Morgan fingerprint density at radius 2 is 2.08 bits per heavy atom. The van der Waals surface area contributed by atoms with Crippen molar-refractivity contribution >= 4 is 5.91 Å². The van der Waals surface area contributed by atoms with E-state index < -0.39 is 5.92 Å². The number of carbonyl (C=O) groups is 1. The van der Waals surface area contributed by atoms with Gasteiger partial charge in [-0.2, -0.15) is 0 Å². The van der Waals surface area contributed by atoms with E-state index in [9.17, 15) is 13.6 Å². The summed E-state index contributed by atoms with van der Waals surface area (Å²) in [5.41, 5.74) is 1.51. The number of aryl methyl sites for hydroxylation is 1. The summed E-state index contributed by atoms with van der Waals surface area (Å²) in [5, 5.41) is 0. The number of likely N-dealkylation sites (N-methyl/N-ethyl adjacent to an activating group) is 1. The molecule has 1 fully saturated rings. The van der Waals surface area contributed by atoms with Crippen molar-refractivity contribution in [3.63, 3.8) is 0 Å². The van der Waals surface area contributed by atoms with Crippen molar-refractivity contribution in [1.29, 1.82) is 0 Å². The predicted octanol–water partition coefficient (Wildman–Crippen LogP) is 3.83. The molecule has 1 aromatic carbocycles. The lowest BCUT2D eigenvalue weighted by atomic mass is 9.99. The third-order valence-electron chi connectivity index (χ3n) is 5.16. The predicted molar refractivity (Wildman–Crippen MR) is 99.1 cm³/mol. The topological polar surface area (TPSA) is 32.8 Å². The molecule has 1 heterocycles. The Kier molecular flexibility index (Phi) is 6.61. The highest BCUT2D eigenvalue weighted by atomic mass is 19.3. The number of amides is 1. The summed E-state index contributed by atoms with van der Waals surface area (Å²) in [6.07, 6.45) is 0.443.